The van der Waals surface area contributed by atoms with Gasteiger partial charge >= 0.3 is 0 Å². The number of ether oxygens (including phenoxy) is 1. The lowest BCUT2D eigenvalue weighted by molar-refractivity contribution is 0.0946. The Balaban J connectivity index is 1.60. The average molecular weight is 431 g/mol. The molecule has 6 nitrogen and oxygen atoms in total. The van der Waals surface area contributed by atoms with Crippen molar-refractivity contribution in [3.63, 3.8) is 0 Å². The maximum Gasteiger partial charge on any atom is 0.251 e. The van der Waals surface area contributed by atoms with Crippen molar-refractivity contribution in [2.75, 3.05) is 26.2 Å². The minimum Gasteiger partial charge on any atom is -0.492 e. The molecule has 0 saturated carbocycles. The van der Waals surface area contributed by atoms with Crippen LogP contribution in [0.2, 0.25) is 0 Å². The summed E-state index contributed by atoms with van der Waals surface area (Å²) in [5, 5.41) is 2.80. The fourth-order valence-electron chi connectivity index (χ4n) is 3.52. The monoisotopic (exact) mass is 430 g/mol. The normalized spacial score (nSPS) is 15.0. The quantitative estimate of drug-likeness (QED) is 0.650. The van der Waals surface area contributed by atoms with E-state index >= 15 is 0 Å². The molecular weight excluding hydrogens is 400 g/mol. The van der Waals surface area contributed by atoms with Gasteiger partial charge in [0.1, 0.15) is 12.4 Å². The predicted octanol–water partition coefficient (Wildman–Crippen LogP) is 3.54. The first-order valence-corrected chi connectivity index (χ1v) is 12.0. The number of nitrogens with one attached hydrogen (secondary N) is 1. The van der Waals surface area contributed by atoms with Crippen molar-refractivity contribution < 1.29 is 17.9 Å². The molecule has 1 fully saturated rings. The Kier molecular flexibility index (Phi) is 7.50. The van der Waals surface area contributed by atoms with Crippen molar-refractivity contribution in [3.8, 4) is 5.75 Å². The third-order valence-corrected chi connectivity index (χ3v) is 7.41. The molecule has 2 aromatic rings. The summed E-state index contributed by atoms with van der Waals surface area (Å²) in [7, 11) is -3.59. The first-order chi connectivity index (χ1) is 14.4. The van der Waals surface area contributed by atoms with Crippen LogP contribution in [0.1, 0.15) is 47.7 Å². The van der Waals surface area contributed by atoms with Crippen LogP contribution in [-0.4, -0.2) is 44.9 Å². The Morgan fingerprint density at radius 2 is 1.77 bits per heavy atom. The summed E-state index contributed by atoms with van der Waals surface area (Å²) in [6.07, 6.45) is 3.78. The third-order valence-electron chi connectivity index (χ3n) is 5.37. The van der Waals surface area contributed by atoms with E-state index in [0.717, 1.165) is 31.4 Å². The van der Waals surface area contributed by atoms with Crippen molar-refractivity contribution in [1.82, 2.24) is 9.62 Å². The fourth-order valence-corrected chi connectivity index (χ4v) is 5.29. The SMILES string of the molecule is CCc1ccc(OCCNC(=O)c2ccc(C)c(S(=O)(=O)N3CCCCC3)c2)cc1. The molecule has 1 heterocycles. The second-order valence-electron chi connectivity index (χ2n) is 7.55. The summed E-state index contributed by atoms with van der Waals surface area (Å²) in [5.74, 6) is 0.446. The standard InChI is InChI=1S/C23H30N2O4S/c1-3-19-8-11-21(12-9-19)29-16-13-24-23(26)20-10-7-18(2)22(17-20)30(27,28)25-14-5-4-6-15-25/h7-12,17H,3-6,13-16H2,1-2H3,(H,24,26). The number of nitrogens with zero attached hydrogens (tertiary/aromatic N) is 1. The van der Waals surface area contributed by atoms with Gasteiger partial charge in [-0.25, -0.2) is 8.42 Å². The van der Waals surface area contributed by atoms with Crippen molar-refractivity contribution in [2.24, 2.45) is 0 Å². The number of piperidine rings is 1. The lowest BCUT2D eigenvalue weighted by atomic mass is 10.1. The second-order valence-corrected chi connectivity index (χ2v) is 9.45. The van der Waals surface area contributed by atoms with Crippen LogP contribution in [0.15, 0.2) is 47.4 Å². The van der Waals surface area contributed by atoms with Crippen molar-refractivity contribution in [1.29, 1.82) is 0 Å². The lowest BCUT2D eigenvalue weighted by Crippen LogP contribution is -2.36. The topological polar surface area (TPSA) is 75.7 Å². The Hall–Kier alpha value is -2.38. The number of carbonyl (C=O) groups is 1. The summed E-state index contributed by atoms with van der Waals surface area (Å²) in [4.78, 5) is 12.7. The summed E-state index contributed by atoms with van der Waals surface area (Å²) < 4.78 is 33.2. The zero-order valence-corrected chi connectivity index (χ0v) is 18.5. The zero-order chi connectivity index (χ0) is 21.6. The largest absolute Gasteiger partial charge is 0.492 e. The Bertz CT molecular complexity index is 965. The van der Waals surface area contributed by atoms with E-state index < -0.39 is 10.0 Å². The van der Waals surface area contributed by atoms with E-state index in [1.807, 2.05) is 24.3 Å². The van der Waals surface area contributed by atoms with Gasteiger partial charge in [0.05, 0.1) is 11.4 Å². The Morgan fingerprint density at radius 3 is 2.43 bits per heavy atom. The van der Waals surface area contributed by atoms with Crippen LogP contribution in [0.4, 0.5) is 0 Å². The van der Waals surface area contributed by atoms with E-state index in [1.165, 1.54) is 15.9 Å². The number of sulfonamides is 1. The van der Waals surface area contributed by atoms with E-state index in [2.05, 4.69) is 12.2 Å². The molecule has 0 atom stereocenters. The first-order valence-electron chi connectivity index (χ1n) is 10.5. The summed E-state index contributed by atoms with van der Waals surface area (Å²) in [6.45, 7) is 5.60. The van der Waals surface area contributed by atoms with E-state index in [4.69, 9.17) is 4.74 Å². The molecule has 0 unspecified atom stereocenters. The van der Waals surface area contributed by atoms with E-state index in [-0.39, 0.29) is 10.8 Å². The number of carbonyl (C=O) groups excluding carboxylic acids is 1. The maximum absolute atomic E-state index is 13.0. The van der Waals surface area contributed by atoms with E-state index in [0.29, 0.717) is 37.4 Å². The van der Waals surface area contributed by atoms with Crippen molar-refractivity contribution in [2.45, 2.75) is 44.4 Å². The smallest absolute Gasteiger partial charge is 0.251 e. The number of amides is 1. The molecule has 30 heavy (non-hydrogen) atoms. The molecular formula is C23H30N2O4S. The van der Waals surface area contributed by atoms with Crippen LogP contribution in [0.3, 0.4) is 0 Å². The van der Waals surface area contributed by atoms with Gasteiger partial charge in [-0.2, -0.15) is 4.31 Å². The van der Waals surface area contributed by atoms with Gasteiger partial charge in [-0.1, -0.05) is 31.5 Å². The van der Waals surface area contributed by atoms with Crippen LogP contribution in [0.25, 0.3) is 0 Å². The van der Waals surface area contributed by atoms with Crippen LogP contribution in [0, 0.1) is 6.92 Å². The molecule has 1 N–H and O–H groups in total. The number of hydrogen-bond donors (Lipinski definition) is 1. The van der Waals surface area contributed by atoms with Crippen LogP contribution >= 0.6 is 0 Å². The molecule has 3 rings (SSSR count). The van der Waals surface area contributed by atoms with Gasteiger partial charge in [-0.3, -0.25) is 4.79 Å². The Labute approximate surface area is 179 Å². The molecule has 7 heteroatoms. The summed E-state index contributed by atoms with van der Waals surface area (Å²) >= 11 is 0. The predicted molar refractivity (Wildman–Crippen MR) is 117 cm³/mol. The number of benzene rings is 2. The summed E-state index contributed by atoms with van der Waals surface area (Å²) in [6, 6.07) is 12.7. The van der Waals surface area contributed by atoms with E-state index in [9.17, 15) is 13.2 Å². The highest BCUT2D eigenvalue weighted by Gasteiger charge is 2.28. The van der Waals surface area contributed by atoms with Crippen molar-refractivity contribution >= 4 is 15.9 Å². The maximum atomic E-state index is 13.0. The zero-order valence-electron chi connectivity index (χ0n) is 17.7. The van der Waals surface area contributed by atoms with Crippen LogP contribution in [-0.2, 0) is 16.4 Å². The van der Waals surface area contributed by atoms with Gasteiger partial charge in [0.15, 0.2) is 0 Å². The molecule has 0 bridgehead atoms. The molecule has 0 spiro atoms. The minimum absolute atomic E-state index is 0.212. The number of rotatable bonds is 8. The van der Waals surface area contributed by atoms with Gasteiger partial charge in [-0.05, 0) is 61.6 Å². The highest BCUT2D eigenvalue weighted by atomic mass is 32.2. The van der Waals surface area contributed by atoms with Gasteiger partial charge in [0.2, 0.25) is 10.0 Å². The fraction of sp³-hybridized carbons (Fsp3) is 0.435. The minimum atomic E-state index is -3.59. The van der Waals surface area contributed by atoms with Crippen LogP contribution in [0.5, 0.6) is 5.75 Å². The molecule has 0 aromatic heterocycles. The first kappa shape index (κ1) is 22.3. The number of hydrogen-bond acceptors (Lipinski definition) is 4. The summed E-state index contributed by atoms with van der Waals surface area (Å²) in [5.41, 5.74) is 2.23. The van der Waals surface area contributed by atoms with Gasteiger partial charge in [-0.15, -0.1) is 0 Å². The van der Waals surface area contributed by atoms with Gasteiger partial charge < -0.3 is 10.1 Å². The Morgan fingerprint density at radius 1 is 1.07 bits per heavy atom. The third kappa shape index (κ3) is 5.40. The number of aryl methyl sites for hydroxylation is 2. The van der Waals surface area contributed by atoms with Crippen molar-refractivity contribution in [3.05, 3.63) is 59.2 Å². The molecule has 2 aromatic carbocycles. The average Bonchev–Trinajstić information content (AvgIpc) is 2.77. The molecule has 1 aliphatic heterocycles. The van der Waals surface area contributed by atoms with Crippen LogP contribution < -0.4 is 10.1 Å². The molecule has 1 aliphatic rings. The molecule has 0 aliphatic carbocycles. The highest BCUT2D eigenvalue weighted by Crippen LogP contribution is 2.24. The lowest BCUT2D eigenvalue weighted by Gasteiger charge is -2.26. The molecule has 1 amide bonds. The molecule has 0 radical (unpaired) electrons. The second kappa shape index (κ2) is 10.1. The highest BCUT2D eigenvalue weighted by molar-refractivity contribution is 7.89. The molecule has 1 saturated heterocycles. The molecule has 162 valence electrons. The van der Waals surface area contributed by atoms with E-state index in [1.54, 1.807) is 19.1 Å². The van der Waals surface area contributed by atoms with Gasteiger partial charge in [0.25, 0.3) is 5.91 Å². The van der Waals surface area contributed by atoms with Gasteiger partial charge in [0, 0.05) is 18.7 Å².